The lowest BCUT2D eigenvalue weighted by molar-refractivity contribution is -0.111. The fourth-order valence-corrected chi connectivity index (χ4v) is 1.94. The molecule has 0 heterocycles. The van der Waals surface area contributed by atoms with E-state index in [-0.39, 0.29) is 17.8 Å². The van der Waals surface area contributed by atoms with Gasteiger partial charge in [-0.25, -0.2) is 9.18 Å². The number of anilines is 1. The number of nitrogens with one attached hydrogen (secondary N) is 1. The summed E-state index contributed by atoms with van der Waals surface area (Å²) in [6.07, 6.45) is 2.65. The van der Waals surface area contributed by atoms with E-state index in [0.29, 0.717) is 16.8 Å². The van der Waals surface area contributed by atoms with Crippen LogP contribution in [0.2, 0.25) is 0 Å². The van der Waals surface area contributed by atoms with Crippen molar-refractivity contribution >= 4 is 23.6 Å². The van der Waals surface area contributed by atoms with E-state index in [1.807, 2.05) is 0 Å². The number of hydrogen-bond donors (Lipinski definition) is 1. The summed E-state index contributed by atoms with van der Waals surface area (Å²) in [5.41, 5.74) is 1.55. The number of halogens is 1. The van der Waals surface area contributed by atoms with Crippen molar-refractivity contribution in [2.75, 3.05) is 5.32 Å². The van der Waals surface area contributed by atoms with Gasteiger partial charge in [0.15, 0.2) is 0 Å². The van der Waals surface area contributed by atoms with Gasteiger partial charge in [0.1, 0.15) is 5.82 Å². The molecule has 24 heavy (non-hydrogen) atoms. The predicted octanol–water partition coefficient (Wildman–Crippen LogP) is 4.04. The van der Waals surface area contributed by atoms with Crippen molar-refractivity contribution in [2.45, 2.75) is 20.0 Å². The van der Waals surface area contributed by atoms with Crippen molar-refractivity contribution in [3.8, 4) is 0 Å². The fourth-order valence-electron chi connectivity index (χ4n) is 1.94. The Morgan fingerprint density at radius 2 is 1.83 bits per heavy atom. The Balaban J connectivity index is 1.95. The number of hydrogen-bond acceptors (Lipinski definition) is 3. The number of carbonyl (C=O) groups is 2. The highest BCUT2D eigenvalue weighted by atomic mass is 19.1. The number of ether oxygens (including phenoxy) is 1. The lowest BCUT2D eigenvalue weighted by atomic mass is 10.2. The molecule has 0 atom stereocenters. The van der Waals surface area contributed by atoms with Crippen molar-refractivity contribution in [1.29, 1.82) is 0 Å². The van der Waals surface area contributed by atoms with Crippen LogP contribution in [0, 0.1) is 5.82 Å². The van der Waals surface area contributed by atoms with Crippen LogP contribution in [0.25, 0.3) is 6.08 Å². The minimum absolute atomic E-state index is 0.190. The molecule has 0 saturated carbocycles. The van der Waals surface area contributed by atoms with Gasteiger partial charge in [-0.05, 0) is 61.9 Å². The Morgan fingerprint density at radius 1 is 1.12 bits per heavy atom. The molecular weight excluding hydrogens is 309 g/mol. The number of amides is 1. The molecule has 0 saturated heterocycles. The van der Waals surface area contributed by atoms with Gasteiger partial charge in [0.25, 0.3) is 0 Å². The Morgan fingerprint density at radius 3 is 2.46 bits per heavy atom. The van der Waals surface area contributed by atoms with Gasteiger partial charge in [0, 0.05) is 11.8 Å². The van der Waals surface area contributed by atoms with Crippen molar-refractivity contribution in [2.24, 2.45) is 0 Å². The Kier molecular flexibility index (Phi) is 5.84. The molecule has 1 N–H and O–H groups in total. The standard InChI is InChI=1S/C19H18FNO3/c1-13(2)24-19(23)15-7-9-17(10-8-15)21-18(22)11-6-14-4-3-5-16(20)12-14/h3-13H,1-2H3,(H,21,22)/b11-6+. The van der Waals surface area contributed by atoms with Crippen LogP contribution >= 0.6 is 0 Å². The summed E-state index contributed by atoms with van der Waals surface area (Å²) in [6, 6.07) is 12.3. The van der Waals surface area contributed by atoms with Crippen molar-refractivity contribution in [3.63, 3.8) is 0 Å². The molecule has 1 amide bonds. The van der Waals surface area contributed by atoms with E-state index >= 15 is 0 Å². The summed E-state index contributed by atoms with van der Waals surface area (Å²) >= 11 is 0. The molecule has 0 fully saturated rings. The lowest BCUT2D eigenvalue weighted by Gasteiger charge is -2.08. The van der Waals surface area contributed by atoms with E-state index < -0.39 is 5.97 Å². The first kappa shape index (κ1) is 17.4. The van der Waals surface area contributed by atoms with Crippen LogP contribution < -0.4 is 5.32 Å². The number of rotatable bonds is 5. The maximum Gasteiger partial charge on any atom is 0.338 e. The lowest BCUT2D eigenvalue weighted by Crippen LogP contribution is -2.12. The SMILES string of the molecule is CC(C)OC(=O)c1ccc(NC(=O)/C=C/c2cccc(F)c2)cc1. The number of benzene rings is 2. The highest BCUT2D eigenvalue weighted by molar-refractivity contribution is 6.02. The molecule has 0 bridgehead atoms. The van der Waals surface area contributed by atoms with Crippen molar-refractivity contribution < 1.29 is 18.7 Å². The topological polar surface area (TPSA) is 55.4 Å². The summed E-state index contributed by atoms with van der Waals surface area (Å²) in [5.74, 6) is -1.12. The third-order valence-corrected chi connectivity index (χ3v) is 3.01. The first-order valence-corrected chi connectivity index (χ1v) is 7.50. The van der Waals surface area contributed by atoms with Gasteiger partial charge in [-0.3, -0.25) is 4.79 Å². The van der Waals surface area contributed by atoms with Crippen LogP contribution in [0.4, 0.5) is 10.1 Å². The van der Waals surface area contributed by atoms with E-state index in [1.165, 1.54) is 24.3 Å². The molecule has 0 aliphatic heterocycles. The minimum atomic E-state index is -0.408. The molecule has 0 radical (unpaired) electrons. The largest absolute Gasteiger partial charge is 0.459 e. The molecule has 124 valence electrons. The first-order chi connectivity index (χ1) is 11.4. The molecule has 2 rings (SSSR count). The molecule has 2 aromatic carbocycles. The summed E-state index contributed by atoms with van der Waals surface area (Å²) in [5, 5.41) is 2.66. The third-order valence-electron chi connectivity index (χ3n) is 3.01. The maximum atomic E-state index is 13.0. The second kappa shape index (κ2) is 8.06. The highest BCUT2D eigenvalue weighted by Crippen LogP contribution is 2.12. The van der Waals surface area contributed by atoms with E-state index in [2.05, 4.69) is 5.32 Å². The highest BCUT2D eigenvalue weighted by Gasteiger charge is 2.09. The fraction of sp³-hybridized carbons (Fsp3) is 0.158. The van der Waals surface area contributed by atoms with Crippen molar-refractivity contribution in [3.05, 3.63) is 71.6 Å². The van der Waals surface area contributed by atoms with E-state index in [0.717, 1.165) is 0 Å². The smallest absolute Gasteiger partial charge is 0.338 e. The summed E-state index contributed by atoms with van der Waals surface area (Å²) < 4.78 is 18.1. The molecule has 0 aromatic heterocycles. The van der Waals surface area contributed by atoms with E-state index in [9.17, 15) is 14.0 Å². The minimum Gasteiger partial charge on any atom is -0.459 e. The molecular formula is C19H18FNO3. The number of esters is 1. The number of carbonyl (C=O) groups excluding carboxylic acids is 2. The monoisotopic (exact) mass is 327 g/mol. The molecule has 0 spiro atoms. The van der Waals surface area contributed by atoms with Gasteiger partial charge in [0.05, 0.1) is 11.7 Å². The quantitative estimate of drug-likeness (QED) is 0.666. The Bertz CT molecular complexity index is 751. The van der Waals surface area contributed by atoms with Crippen LogP contribution in [0.1, 0.15) is 29.8 Å². The Hall–Kier alpha value is -2.95. The Labute approximate surface area is 140 Å². The van der Waals surface area contributed by atoms with Crippen LogP contribution in [-0.2, 0) is 9.53 Å². The second-order valence-corrected chi connectivity index (χ2v) is 5.41. The summed E-state index contributed by atoms with van der Waals surface area (Å²) in [4.78, 5) is 23.6. The van der Waals surface area contributed by atoms with E-state index in [4.69, 9.17) is 4.74 Å². The van der Waals surface area contributed by atoms with Gasteiger partial charge in [-0.2, -0.15) is 0 Å². The second-order valence-electron chi connectivity index (χ2n) is 5.41. The molecule has 2 aromatic rings. The maximum absolute atomic E-state index is 13.0. The zero-order valence-corrected chi connectivity index (χ0v) is 13.5. The molecule has 0 aliphatic carbocycles. The summed E-state index contributed by atoms with van der Waals surface area (Å²) in [6.45, 7) is 3.55. The zero-order valence-electron chi connectivity index (χ0n) is 13.5. The van der Waals surface area contributed by atoms with Crippen LogP contribution in [-0.4, -0.2) is 18.0 Å². The van der Waals surface area contributed by atoms with Crippen LogP contribution in [0.5, 0.6) is 0 Å². The zero-order chi connectivity index (χ0) is 17.5. The molecule has 5 heteroatoms. The van der Waals surface area contributed by atoms with E-state index in [1.54, 1.807) is 50.2 Å². The van der Waals surface area contributed by atoms with Crippen LogP contribution in [0.15, 0.2) is 54.6 Å². The van der Waals surface area contributed by atoms with Gasteiger partial charge in [-0.1, -0.05) is 12.1 Å². The first-order valence-electron chi connectivity index (χ1n) is 7.50. The third kappa shape index (κ3) is 5.35. The molecule has 0 aliphatic rings. The molecule has 4 nitrogen and oxygen atoms in total. The van der Waals surface area contributed by atoms with Gasteiger partial charge in [-0.15, -0.1) is 0 Å². The summed E-state index contributed by atoms with van der Waals surface area (Å²) in [7, 11) is 0. The average Bonchev–Trinajstić information content (AvgIpc) is 2.53. The predicted molar refractivity (Wildman–Crippen MR) is 91.1 cm³/mol. The van der Waals surface area contributed by atoms with Crippen molar-refractivity contribution in [1.82, 2.24) is 0 Å². The van der Waals surface area contributed by atoms with Crippen LogP contribution in [0.3, 0.4) is 0 Å². The normalized spacial score (nSPS) is 10.8. The van der Waals surface area contributed by atoms with Gasteiger partial charge >= 0.3 is 5.97 Å². The molecule has 0 unspecified atom stereocenters. The van der Waals surface area contributed by atoms with Gasteiger partial charge < -0.3 is 10.1 Å². The van der Waals surface area contributed by atoms with Gasteiger partial charge in [0.2, 0.25) is 5.91 Å². The average molecular weight is 327 g/mol.